The Kier molecular flexibility index (Phi) is 3.46. The van der Waals surface area contributed by atoms with Crippen molar-refractivity contribution in [2.75, 3.05) is 13.7 Å². The van der Waals surface area contributed by atoms with Crippen LogP contribution in [0.1, 0.15) is 30.6 Å². The van der Waals surface area contributed by atoms with E-state index in [2.05, 4.69) is 5.32 Å². The first kappa shape index (κ1) is 13.4. The Balaban J connectivity index is 2.19. The molecular formula is C14H17NO4. The maximum Gasteiger partial charge on any atom is 0.257 e. The van der Waals surface area contributed by atoms with Gasteiger partial charge in [0, 0.05) is 13.1 Å². The van der Waals surface area contributed by atoms with E-state index in [1.54, 1.807) is 25.2 Å². The van der Waals surface area contributed by atoms with Crippen molar-refractivity contribution in [3.63, 3.8) is 0 Å². The van der Waals surface area contributed by atoms with Gasteiger partial charge in [-0.3, -0.25) is 9.59 Å². The number of hydrogen-bond donors (Lipinski definition) is 1. The summed E-state index contributed by atoms with van der Waals surface area (Å²) in [6.45, 7) is 3.67. The number of benzene rings is 1. The van der Waals surface area contributed by atoms with E-state index in [0.29, 0.717) is 23.5 Å². The monoisotopic (exact) mass is 263 g/mol. The highest BCUT2D eigenvalue weighted by Crippen LogP contribution is 2.35. The third kappa shape index (κ3) is 3.05. The van der Waals surface area contributed by atoms with Crippen LogP contribution in [0.3, 0.4) is 0 Å². The zero-order chi connectivity index (χ0) is 14.0. The molecule has 0 bridgehead atoms. The van der Waals surface area contributed by atoms with Gasteiger partial charge in [-0.1, -0.05) is 0 Å². The molecule has 1 aliphatic heterocycles. The molecule has 0 aromatic heterocycles. The predicted octanol–water partition coefficient (Wildman–Crippen LogP) is 1.56. The highest BCUT2D eigenvalue weighted by molar-refractivity contribution is 6.00. The smallest absolute Gasteiger partial charge is 0.257 e. The number of Topliss-reactive ketones (excluding diaryl/α,β-unsaturated/α-hetero) is 1. The number of ketones is 1. The summed E-state index contributed by atoms with van der Waals surface area (Å²) in [5.41, 5.74) is 0.0513. The molecule has 0 fully saturated rings. The van der Waals surface area contributed by atoms with Crippen molar-refractivity contribution < 1.29 is 19.1 Å². The Bertz CT molecular complexity index is 522. The molecule has 0 atom stereocenters. The Labute approximate surface area is 111 Å². The van der Waals surface area contributed by atoms with Crippen molar-refractivity contribution in [3.05, 3.63) is 23.8 Å². The number of fused-ring (bicyclic) bond motifs is 1. The lowest BCUT2D eigenvalue weighted by Crippen LogP contribution is -2.35. The summed E-state index contributed by atoms with van der Waals surface area (Å²) in [6, 6.07) is 4.99. The zero-order valence-corrected chi connectivity index (χ0v) is 11.3. The van der Waals surface area contributed by atoms with Crippen molar-refractivity contribution in [3.8, 4) is 11.5 Å². The lowest BCUT2D eigenvalue weighted by Gasteiger charge is -2.31. The first-order valence-corrected chi connectivity index (χ1v) is 6.11. The summed E-state index contributed by atoms with van der Waals surface area (Å²) in [5.74, 6) is 0.864. The van der Waals surface area contributed by atoms with Crippen LogP contribution >= 0.6 is 0 Å². The summed E-state index contributed by atoms with van der Waals surface area (Å²) < 4.78 is 11.1. The van der Waals surface area contributed by atoms with E-state index in [0.717, 1.165) is 0 Å². The topological polar surface area (TPSA) is 64.6 Å². The van der Waals surface area contributed by atoms with Gasteiger partial charge < -0.3 is 14.8 Å². The molecule has 1 heterocycles. The minimum Gasteiger partial charge on any atom is -0.486 e. The maximum atomic E-state index is 11.9. The second-order valence-corrected chi connectivity index (χ2v) is 5.08. The quantitative estimate of drug-likeness (QED) is 0.898. The van der Waals surface area contributed by atoms with Crippen molar-refractivity contribution in [2.24, 2.45) is 0 Å². The average Bonchev–Trinajstić information content (AvgIpc) is 2.33. The molecule has 1 aromatic rings. The largest absolute Gasteiger partial charge is 0.486 e. The molecule has 2 rings (SSSR count). The molecule has 0 aliphatic carbocycles. The van der Waals surface area contributed by atoms with Crippen LogP contribution in [0.25, 0.3) is 0 Å². The van der Waals surface area contributed by atoms with E-state index < -0.39 is 5.60 Å². The van der Waals surface area contributed by atoms with Crippen LogP contribution in [-0.2, 0) is 4.79 Å². The molecule has 1 aliphatic rings. The van der Waals surface area contributed by atoms with Crippen LogP contribution in [0.4, 0.5) is 0 Å². The number of carbonyl (C=O) groups is 2. The highest BCUT2D eigenvalue weighted by Gasteiger charge is 2.32. The standard InChI is InChI=1S/C14H17NO4/c1-14(2)7-11(16)10-5-4-9(6-12(10)19-14)18-8-13(17)15-3/h4-6H,7-8H2,1-3H3,(H,15,17). The zero-order valence-electron chi connectivity index (χ0n) is 11.3. The lowest BCUT2D eigenvalue weighted by atomic mass is 9.93. The van der Waals surface area contributed by atoms with Crippen LogP contribution in [0, 0.1) is 0 Å². The fourth-order valence-corrected chi connectivity index (χ4v) is 1.94. The second kappa shape index (κ2) is 4.91. The molecule has 0 spiro atoms. The van der Waals surface area contributed by atoms with E-state index in [4.69, 9.17) is 9.47 Å². The highest BCUT2D eigenvalue weighted by atomic mass is 16.5. The van der Waals surface area contributed by atoms with Crippen LogP contribution in [0.15, 0.2) is 18.2 Å². The fourth-order valence-electron chi connectivity index (χ4n) is 1.94. The number of hydrogen-bond acceptors (Lipinski definition) is 4. The molecule has 1 amide bonds. The first-order chi connectivity index (χ1) is 8.91. The van der Waals surface area contributed by atoms with Crippen LogP contribution in [0.5, 0.6) is 11.5 Å². The van der Waals surface area contributed by atoms with Gasteiger partial charge in [0.2, 0.25) is 0 Å². The Hall–Kier alpha value is -2.04. The number of nitrogens with one attached hydrogen (secondary N) is 1. The van der Waals surface area contributed by atoms with Gasteiger partial charge in [-0.25, -0.2) is 0 Å². The summed E-state index contributed by atoms with van der Waals surface area (Å²) in [5, 5.41) is 2.47. The first-order valence-electron chi connectivity index (χ1n) is 6.11. The van der Waals surface area contributed by atoms with E-state index in [1.165, 1.54) is 0 Å². The van der Waals surface area contributed by atoms with Gasteiger partial charge in [-0.2, -0.15) is 0 Å². The Morgan fingerprint density at radius 3 is 2.89 bits per heavy atom. The molecule has 102 valence electrons. The van der Waals surface area contributed by atoms with Crippen LogP contribution < -0.4 is 14.8 Å². The van der Waals surface area contributed by atoms with Gasteiger partial charge in [-0.15, -0.1) is 0 Å². The summed E-state index contributed by atoms with van der Waals surface area (Å²) in [7, 11) is 1.54. The molecule has 0 unspecified atom stereocenters. The van der Waals surface area contributed by atoms with Crippen LogP contribution in [0.2, 0.25) is 0 Å². The summed E-state index contributed by atoms with van der Waals surface area (Å²) in [4.78, 5) is 23.0. The van der Waals surface area contributed by atoms with E-state index >= 15 is 0 Å². The normalized spacial score (nSPS) is 16.3. The molecule has 5 nitrogen and oxygen atoms in total. The lowest BCUT2D eigenvalue weighted by molar-refractivity contribution is -0.122. The van der Waals surface area contributed by atoms with Crippen LogP contribution in [-0.4, -0.2) is 30.9 Å². The van der Waals surface area contributed by atoms with E-state index in [9.17, 15) is 9.59 Å². The molecule has 0 saturated heterocycles. The summed E-state index contributed by atoms with van der Waals surface area (Å²) in [6.07, 6.45) is 0.360. The number of rotatable bonds is 3. The number of ether oxygens (including phenoxy) is 2. The number of likely N-dealkylation sites (N-methyl/N-ethyl adjacent to an activating group) is 1. The Morgan fingerprint density at radius 2 is 2.21 bits per heavy atom. The molecule has 0 saturated carbocycles. The van der Waals surface area contributed by atoms with E-state index in [-0.39, 0.29) is 18.3 Å². The molecular weight excluding hydrogens is 246 g/mol. The van der Waals surface area contributed by atoms with Crippen molar-refractivity contribution in [2.45, 2.75) is 25.9 Å². The third-order valence-electron chi connectivity index (χ3n) is 2.87. The van der Waals surface area contributed by atoms with Gasteiger partial charge in [0.05, 0.1) is 12.0 Å². The Morgan fingerprint density at radius 1 is 1.47 bits per heavy atom. The van der Waals surface area contributed by atoms with Gasteiger partial charge in [0.25, 0.3) is 5.91 Å². The average molecular weight is 263 g/mol. The molecule has 19 heavy (non-hydrogen) atoms. The van der Waals surface area contributed by atoms with Crippen molar-refractivity contribution in [1.82, 2.24) is 5.32 Å². The van der Waals surface area contributed by atoms with Crippen molar-refractivity contribution in [1.29, 1.82) is 0 Å². The molecule has 0 radical (unpaired) electrons. The maximum absolute atomic E-state index is 11.9. The van der Waals surface area contributed by atoms with Gasteiger partial charge in [0.15, 0.2) is 12.4 Å². The fraction of sp³-hybridized carbons (Fsp3) is 0.429. The number of carbonyl (C=O) groups excluding carboxylic acids is 2. The second-order valence-electron chi connectivity index (χ2n) is 5.08. The SMILES string of the molecule is CNC(=O)COc1ccc2c(c1)OC(C)(C)CC2=O. The van der Waals surface area contributed by atoms with Gasteiger partial charge >= 0.3 is 0 Å². The minimum absolute atomic E-state index is 0.0594. The third-order valence-corrected chi connectivity index (χ3v) is 2.87. The van der Waals surface area contributed by atoms with Crippen molar-refractivity contribution >= 4 is 11.7 Å². The van der Waals surface area contributed by atoms with Gasteiger partial charge in [-0.05, 0) is 26.0 Å². The van der Waals surface area contributed by atoms with Gasteiger partial charge in [0.1, 0.15) is 17.1 Å². The number of amides is 1. The molecule has 1 aromatic carbocycles. The van der Waals surface area contributed by atoms with E-state index in [1.807, 2.05) is 13.8 Å². The minimum atomic E-state index is -0.510. The molecule has 1 N–H and O–H groups in total. The predicted molar refractivity (Wildman–Crippen MR) is 69.7 cm³/mol. The summed E-state index contributed by atoms with van der Waals surface area (Å²) >= 11 is 0. The molecule has 5 heteroatoms.